The van der Waals surface area contributed by atoms with Crippen molar-refractivity contribution in [1.82, 2.24) is 0 Å². The molecule has 1 aromatic carbocycles. The highest BCUT2D eigenvalue weighted by atomic mass is 32.1. The van der Waals surface area contributed by atoms with E-state index in [1.165, 1.54) is 4.88 Å². The molecule has 0 unspecified atom stereocenters. The average molecular weight is 290 g/mol. The molecule has 0 fully saturated rings. The van der Waals surface area contributed by atoms with Crippen molar-refractivity contribution in [3.05, 3.63) is 46.2 Å². The van der Waals surface area contributed by atoms with E-state index in [9.17, 15) is 4.79 Å². The molecule has 3 N–H and O–H groups in total. The first-order valence-corrected chi connectivity index (χ1v) is 7.29. The number of nitrogens with zero attached hydrogens (tertiary/aromatic N) is 1. The summed E-state index contributed by atoms with van der Waals surface area (Å²) >= 11 is 1.71. The Labute approximate surface area is 122 Å². The first-order chi connectivity index (χ1) is 9.49. The largest absolute Gasteiger partial charge is 0.478 e. The van der Waals surface area contributed by atoms with Gasteiger partial charge in [0.05, 0.1) is 12.1 Å². The van der Waals surface area contributed by atoms with Gasteiger partial charge >= 0.3 is 5.97 Å². The zero-order valence-electron chi connectivity index (χ0n) is 11.5. The second-order valence-corrected chi connectivity index (χ2v) is 5.91. The molecule has 0 saturated heterocycles. The zero-order valence-corrected chi connectivity index (χ0v) is 12.4. The minimum absolute atomic E-state index is 0.147. The smallest absolute Gasteiger partial charge is 0.337 e. The summed E-state index contributed by atoms with van der Waals surface area (Å²) in [6, 6.07) is 9.53. The van der Waals surface area contributed by atoms with E-state index in [0.29, 0.717) is 11.7 Å². The number of anilines is 2. The molecule has 0 atom stereocenters. The van der Waals surface area contributed by atoms with Gasteiger partial charge in [-0.25, -0.2) is 4.79 Å². The molecule has 2 rings (SSSR count). The molecule has 1 aromatic heterocycles. The molecular weight excluding hydrogens is 272 g/mol. The average Bonchev–Trinajstić information content (AvgIpc) is 2.87. The SMILES string of the molecule is CC(C)N(Cc1cccs1)c1ccc(C(=O)O)c(N)c1. The number of nitrogen functional groups attached to an aromatic ring is 1. The Morgan fingerprint density at radius 3 is 2.65 bits per heavy atom. The maximum Gasteiger partial charge on any atom is 0.337 e. The van der Waals surface area contributed by atoms with E-state index in [0.717, 1.165) is 12.2 Å². The molecule has 0 aliphatic rings. The number of thiophene rings is 1. The lowest BCUT2D eigenvalue weighted by atomic mass is 10.1. The number of carbonyl (C=O) groups is 1. The number of rotatable bonds is 5. The van der Waals surface area contributed by atoms with Crippen molar-refractivity contribution in [2.45, 2.75) is 26.4 Å². The molecule has 106 valence electrons. The van der Waals surface area contributed by atoms with Gasteiger partial charge in [0, 0.05) is 22.3 Å². The lowest BCUT2D eigenvalue weighted by molar-refractivity contribution is 0.0698. The van der Waals surface area contributed by atoms with Crippen molar-refractivity contribution in [3.8, 4) is 0 Å². The van der Waals surface area contributed by atoms with Crippen LogP contribution in [0.25, 0.3) is 0 Å². The van der Waals surface area contributed by atoms with Crippen LogP contribution in [-0.4, -0.2) is 17.1 Å². The van der Waals surface area contributed by atoms with Gasteiger partial charge in [-0.05, 0) is 43.5 Å². The van der Waals surface area contributed by atoms with E-state index in [2.05, 4.69) is 30.2 Å². The van der Waals surface area contributed by atoms with Crippen molar-refractivity contribution in [2.24, 2.45) is 0 Å². The van der Waals surface area contributed by atoms with Crippen LogP contribution in [0.15, 0.2) is 35.7 Å². The molecule has 1 heterocycles. The maximum absolute atomic E-state index is 11.0. The molecule has 0 radical (unpaired) electrons. The Kier molecular flexibility index (Phi) is 4.29. The third kappa shape index (κ3) is 3.11. The predicted octanol–water partition coefficient (Wildman–Crippen LogP) is 3.44. The number of hydrogen-bond donors (Lipinski definition) is 2. The van der Waals surface area contributed by atoms with Crippen LogP contribution in [0.4, 0.5) is 11.4 Å². The Bertz CT molecular complexity index is 594. The van der Waals surface area contributed by atoms with Crippen LogP contribution < -0.4 is 10.6 Å². The highest BCUT2D eigenvalue weighted by Gasteiger charge is 2.15. The van der Waals surface area contributed by atoms with E-state index >= 15 is 0 Å². The van der Waals surface area contributed by atoms with Crippen molar-refractivity contribution < 1.29 is 9.90 Å². The molecule has 0 amide bonds. The fourth-order valence-corrected chi connectivity index (χ4v) is 2.77. The summed E-state index contributed by atoms with van der Waals surface area (Å²) in [7, 11) is 0. The van der Waals surface area contributed by atoms with Gasteiger partial charge in [0.15, 0.2) is 0 Å². The minimum Gasteiger partial charge on any atom is -0.478 e. The van der Waals surface area contributed by atoms with Crippen LogP contribution in [0, 0.1) is 0 Å². The third-order valence-corrected chi connectivity index (χ3v) is 3.99. The summed E-state index contributed by atoms with van der Waals surface area (Å²) in [5.41, 5.74) is 7.21. The standard InChI is InChI=1S/C15H18N2O2S/c1-10(2)17(9-12-4-3-7-20-12)11-5-6-13(15(18)19)14(16)8-11/h3-8,10H,9,16H2,1-2H3,(H,18,19). The van der Waals surface area contributed by atoms with Crippen LogP contribution in [0.2, 0.25) is 0 Å². The Morgan fingerprint density at radius 2 is 2.15 bits per heavy atom. The van der Waals surface area contributed by atoms with Gasteiger partial charge in [0.2, 0.25) is 0 Å². The number of aromatic carboxylic acids is 1. The second kappa shape index (κ2) is 5.96. The summed E-state index contributed by atoms with van der Waals surface area (Å²) in [5, 5.41) is 11.1. The number of benzene rings is 1. The van der Waals surface area contributed by atoms with Crippen molar-refractivity contribution in [1.29, 1.82) is 0 Å². The van der Waals surface area contributed by atoms with E-state index < -0.39 is 5.97 Å². The van der Waals surface area contributed by atoms with Crippen LogP contribution >= 0.6 is 11.3 Å². The number of nitrogens with two attached hydrogens (primary N) is 1. The highest BCUT2D eigenvalue weighted by molar-refractivity contribution is 7.09. The van der Waals surface area contributed by atoms with Crippen LogP contribution in [0.5, 0.6) is 0 Å². The molecule has 0 aliphatic heterocycles. The van der Waals surface area contributed by atoms with Crippen LogP contribution in [0.3, 0.4) is 0 Å². The van der Waals surface area contributed by atoms with E-state index in [-0.39, 0.29) is 5.56 Å². The molecule has 4 nitrogen and oxygen atoms in total. The van der Waals surface area contributed by atoms with Gasteiger partial charge in [-0.2, -0.15) is 0 Å². The maximum atomic E-state index is 11.0. The topological polar surface area (TPSA) is 66.6 Å². The second-order valence-electron chi connectivity index (χ2n) is 4.88. The van der Waals surface area contributed by atoms with Gasteiger partial charge in [-0.1, -0.05) is 6.07 Å². The van der Waals surface area contributed by atoms with Crippen LogP contribution in [0.1, 0.15) is 29.1 Å². The first kappa shape index (κ1) is 14.4. The summed E-state index contributed by atoms with van der Waals surface area (Å²) in [4.78, 5) is 14.5. The molecule has 0 spiro atoms. The molecular formula is C15H18N2O2S. The molecule has 0 aliphatic carbocycles. The summed E-state index contributed by atoms with van der Waals surface area (Å²) < 4.78 is 0. The first-order valence-electron chi connectivity index (χ1n) is 6.41. The molecule has 5 heteroatoms. The highest BCUT2D eigenvalue weighted by Crippen LogP contribution is 2.26. The van der Waals surface area contributed by atoms with Crippen molar-refractivity contribution >= 4 is 28.7 Å². The van der Waals surface area contributed by atoms with Gasteiger partial charge in [0.25, 0.3) is 0 Å². The fraction of sp³-hybridized carbons (Fsp3) is 0.267. The monoisotopic (exact) mass is 290 g/mol. The van der Waals surface area contributed by atoms with Crippen LogP contribution in [-0.2, 0) is 6.54 Å². The number of hydrogen-bond acceptors (Lipinski definition) is 4. The lowest BCUT2D eigenvalue weighted by Gasteiger charge is -2.29. The quantitative estimate of drug-likeness (QED) is 0.828. The normalized spacial score (nSPS) is 10.8. The summed E-state index contributed by atoms with van der Waals surface area (Å²) in [6.07, 6.45) is 0. The molecule has 0 saturated carbocycles. The van der Waals surface area contributed by atoms with Gasteiger partial charge in [-0.15, -0.1) is 11.3 Å². The van der Waals surface area contributed by atoms with E-state index in [1.54, 1.807) is 23.5 Å². The lowest BCUT2D eigenvalue weighted by Crippen LogP contribution is -2.29. The minimum atomic E-state index is -0.997. The molecule has 2 aromatic rings. The summed E-state index contributed by atoms with van der Waals surface area (Å²) in [6.45, 7) is 5.00. The van der Waals surface area contributed by atoms with Gasteiger partial charge in [-0.3, -0.25) is 0 Å². The van der Waals surface area contributed by atoms with Gasteiger partial charge in [0.1, 0.15) is 0 Å². The third-order valence-electron chi connectivity index (χ3n) is 3.13. The van der Waals surface area contributed by atoms with Crippen molar-refractivity contribution in [3.63, 3.8) is 0 Å². The zero-order chi connectivity index (χ0) is 14.7. The number of carboxylic acid groups (broad SMARTS) is 1. The van der Waals surface area contributed by atoms with E-state index in [4.69, 9.17) is 10.8 Å². The summed E-state index contributed by atoms with van der Waals surface area (Å²) in [5.74, 6) is -0.997. The number of carboxylic acids is 1. The fourth-order valence-electron chi connectivity index (χ4n) is 2.07. The van der Waals surface area contributed by atoms with Crippen molar-refractivity contribution in [2.75, 3.05) is 10.6 Å². The predicted molar refractivity (Wildman–Crippen MR) is 83.5 cm³/mol. The molecule has 0 bridgehead atoms. The Balaban J connectivity index is 2.30. The Morgan fingerprint density at radius 1 is 1.40 bits per heavy atom. The molecule has 20 heavy (non-hydrogen) atoms. The van der Waals surface area contributed by atoms with E-state index in [1.807, 2.05) is 12.1 Å². The van der Waals surface area contributed by atoms with Gasteiger partial charge < -0.3 is 15.7 Å². The Hall–Kier alpha value is -2.01.